The van der Waals surface area contributed by atoms with Crippen LogP contribution in [0.1, 0.15) is 50.4 Å². The Kier molecular flexibility index (Phi) is 8.25. The molecule has 0 unspecified atom stereocenters. The number of nitriles is 1. The number of para-hydroxylation sites is 1. The number of tetrazole rings is 1. The van der Waals surface area contributed by atoms with Crippen LogP contribution in [0.5, 0.6) is 0 Å². The Balaban J connectivity index is 1.75. The molecular formula is C25H19ClF5N9O2. The Morgan fingerprint density at radius 3 is 2.43 bits per heavy atom. The van der Waals surface area contributed by atoms with Crippen molar-refractivity contribution in [3.63, 3.8) is 0 Å². The number of alkyl halides is 5. The highest BCUT2D eigenvalue weighted by Gasteiger charge is 2.62. The van der Waals surface area contributed by atoms with E-state index in [1.165, 1.54) is 30.3 Å². The summed E-state index contributed by atoms with van der Waals surface area (Å²) in [5.74, 6) is -8.53. The molecule has 42 heavy (non-hydrogen) atoms. The number of hydrogen-bond donors (Lipinski definition) is 2. The summed E-state index contributed by atoms with van der Waals surface area (Å²) in [6, 6.07) is 12.2. The minimum absolute atomic E-state index is 0.0238. The maximum absolute atomic E-state index is 13.6. The number of rotatable bonds is 8. The highest BCUT2D eigenvalue weighted by atomic mass is 35.5. The molecule has 0 bridgehead atoms. The van der Waals surface area contributed by atoms with E-state index in [9.17, 15) is 36.8 Å². The second-order valence-electron chi connectivity index (χ2n) is 8.74. The zero-order valence-electron chi connectivity index (χ0n) is 21.7. The van der Waals surface area contributed by atoms with Crippen LogP contribution in [0.15, 0.2) is 42.5 Å². The molecule has 0 atom stereocenters. The molecule has 4 rings (SSSR count). The highest BCUT2D eigenvalue weighted by molar-refractivity contribution is 6.32. The molecule has 2 amide bonds. The minimum Gasteiger partial charge on any atom is -0.352 e. The van der Waals surface area contributed by atoms with Crippen LogP contribution in [0.25, 0.3) is 5.69 Å². The topological polar surface area (TPSA) is 143 Å². The number of benzene rings is 2. The third kappa shape index (κ3) is 5.91. The van der Waals surface area contributed by atoms with E-state index in [2.05, 4.69) is 31.1 Å². The predicted molar refractivity (Wildman–Crippen MR) is 137 cm³/mol. The van der Waals surface area contributed by atoms with Gasteiger partial charge in [-0.1, -0.05) is 23.7 Å². The van der Waals surface area contributed by atoms with Crippen molar-refractivity contribution >= 4 is 29.1 Å². The Bertz CT molecular complexity index is 1710. The number of halogens is 6. The van der Waals surface area contributed by atoms with Crippen LogP contribution in [-0.4, -0.2) is 54.5 Å². The van der Waals surface area contributed by atoms with E-state index in [0.29, 0.717) is 10.4 Å². The van der Waals surface area contributed by atoms with Crippen molar-refractivity contribution in [3.8, 4) is 11.8 Å². The summed E-state index contributed by atoms with van der Waals surface area (Å²) < 4.78 is 66.6. The normalized spacial score (nSPS) is 11.7. The molecule has 218 valence electrons. The van der Waals surface area contributed by atoms with E-state index in [1.807, 2.05) is 6.07 Å². The molecule has 4 aromatic rings. The Morgan fingerprint density at radius 2 is 1.79 bits per heavy atom. The SMILES string of the molecule is CCNC(=O)c1cc(C#N)cc(C)c1NC(=O)c1cc(Cn2nnc(C(F)(F)C(F)(F)F)n2)nn1-c1ccccc1Cl. The number of anilines is 1. The van der Waals surface area contributed by atoms with E-state index in [-0.39, 0.29) is 45.5 Å². The Morgan fingerprint density at radius 1 is 1.07 bits per heavy atom. The second kappa shape index (κ2) is 11.5. The van der Waals surface area contributed by atoms with Gasteiger partial charge >= 0.3 is 12.1 Å². The summed E-state index contributed by atoms with van der Waals surface area (Å²) in [6.45, 7) is 3.01. The van der Waals surface area contributed by atoms with Gasteiger partial charge in [0.2, 0.25) is 0 Å². The zero-order chi connectivity index (χ0) is 30.8. The lowest BCUT2D eigenvalue weighted by molar-refractivity contribution is -0.292. The van der Waals surface area contributed by atoms with E-state index in [1.54, 1.807) is 26.0 Å². The number of nitrogens with zero attached hydrogens (tertiary/aromatic N) is 7. The van der Waals surface area contributed by atoms with Gasteiger partial charge in [0.25, 0.3) is 17.6 Å². The van der Waals surface area contributed by atoms with Crippen LogP contribution in [0.2, 0.25) is 5.02 Å². The highest BCUT2D eigenvalue weighted by Crippen LogP contribution is 2.41. The molecule has 0 radical (unpaired) electrons. The first kappa shape index (κ1) is 30.1. The maximum atomic E-state index is 13.6. The van der Waals surface area contributed by atoms with Gasteiger partial charge < -0.3 is 10.6 Å². The van der Waals surface area contributed by atoms with E-state index in [0.717, 1.165) is 4.68 Å². The summed E-state index contributed by atoms with van der Waals surface area (Å²) in [5, 5.41) is 28.3. The van der Waals surface area contributed by atoms with E-state index in [4.69, 9.17) is 11.6 Å². The quantitative estimate of drug-likeness (QED) is 0.283. The fraction of sp³-hybridized carbons (Fsp3) is 0.240. The summed E-state index contributed by atoms with van der Waals surface area (Å²) in [4.78, 5) is 26.8. The standard InChI is InChI=1S/C25H19ClF5N9O2/c1-3-33-21(41)16-9-14(11-32)8-13(2)20(16)34-22(42)19-10-15(36-40(19)18-7-5-4-6-17(18)26)12-39-37-23(35-38-39)24(27,28)25(29,30)31/h4-10H,3,12H2,1-2H3,(H,33,41)(H,34,42). The molecule has 2 heterocycles. The van der Waals surface area contributed by atoms with Gasteiger partial charge in [-0.2, -0.15) is 37.1 Å². The molecular weight excluding hydrogens is 589 g/mol. The van der Waals surface area contributed by atoms with Crippen LogP contribution in [0.3, 0.4) is 0 Å². The summed E-state index contributed by atoms with van der Waals surface area (Å²) in [7, 11) is 0. The van der Waals surface area contributed by atoms with Gasteiger partial charge in [0.1, 0.15) is 12.2 Å². The molecule has 0 spiro atoms. The molecule has 0 aliphatic heterocycles. The minimum atomic E-state index is -5.94. The van der Waals surface area contributed by atoms with Crippen LogP contribution in [0.4, 0.5) is 27.6 Å². The third-order valence-electron chi connectivity index (χ3n) is 5.75. The van der Waals surface area contributed by atoms with Crippen LogP contribution >= 0.6 is 11.6 Å². The summed E-state index contributed by atoms with van der Waals surface area (Å²) in [5.41, 5.74) is 0.770. The van der Waals surface area contributed by atoms with Crippen molar-refractivity contribution in [1.29, 1.82) is 5.26 Å². The maximum Gasteiger partial charge on any atom is 0.461 e. The number of aromatic nitrogens is 6. The first-order valence-corrected chi connectivity index (χ1v) is 12.4. The number of amides is 2. The molecule has 0 saturated carbocycles. The predicted octanol–water partition coefficient (Wildman–Crippen LogP) is 4.40. The van der Waals surface area contributed by atoms with Crippen LogP contribution < -0.4 is 10.6 Å². The molecule has 2 aromatic carbocycles. The largest absolute Gasteiger partial charge is 0.461 e. The average molecular weight is 608 g/mol. The van der Waals surface area contributed by atoms with Gasteiger partial charge in [-0.05, 0) is 55.0 Å². The van der Waals surface area contributed by atoms with Crippen LogP contribution in [0, 0.1) is 18.3 Å². The fourth-order valence-corrected chi connectivity index (χ4v) is 4.03. The first-order valence-electron chi connectivity index (χ1n) is 12.0. The van der Waals surface area contributed by atoms with Gasteiger partial charge in [0, 0.05) is 6.54 Å². The summed E-state index contributed by atoms with van der Waals surface area (Å²) in [6.07, 6.45) is -5.94. The zero-order valence-corrected chi connectivity index (χ0v) is 22.4. The van der Waals surface area contributed by atoms with Crippen molar-refractivity contribution in [2.75, 3.05) is 11.9 Å². The van der Waals surface area contributed by atoms with Crippen molar-refractivity contribution < 1.29 is 31.5 Å². The number of hydrogen-bond acceptors (Lipinski definition) is 7. The van der Waals surface area contributed by atoms with Gasteiger partial charge in [0.15, 0.2) is 0 Å². The Hall–Kier alpha value is -4.91. The molecule has 17 heteroatoms. The van der Waals surface area contributed by atoms with E-state index >= 15 is 0 Å². The van der Waals surface area contributed by atoms with Gasteiger partial charge in [-0.25, -0.2) is 4.68 Å². The number of aryl methyl sites for hydroxylation is 1. The van der Waals surface area contributed by atoms with Crippen LogP contribution in [-0.2, 0) is 12.5 Å². The molecule has 2 aromatic heterocycles. The number of nitrogens with one attached hydrogen (secondary N) is 2. The van der Waals surface area contributed by atoms with Crippen molar-refractivity contribution in [3.05, 3.63) is 81.4 Å². The number of carbonyl (C=O) groups is 2. The van der Waals surface area contributed by atoms with E-state index < -0.39 is 36.3 Å². The average Bonchev–Trinajstić information content (AvgIpc) is 3.57. The lowest BCUT2D eigenvalue weighted by atomic mass is 10.0. The molecule has 0 aliphatic rings. The number of carbonyl (C=O) groups excluding carboxylic acids is 2. The first-order chi connectivity index (χ1) is 19.8. The fourth-order valence-electron chi connectivity index (χ4n) is 3.81. The molecule has 0 aliphatic carbocycles. The molecule has 11 nitrogen and oxygen atoms in total. The molecule has 2 N–H and O–H groups in total. The van der Waals surface area contributed by atoms with Gasteiger partial charge in [0.05, 0.1) is 39.3 Å². The third-order valence-corrected chi connectivity index (χ3v) is 6.07. The van der Waals surface area contributed by atoms with Crippen molar-refractivity contribution in [2.45, 2.75) is 32.5 Å². The second-order valence-corrected chi connectivity index (χ2v) is 9.15. The van der Waals surface area contributed by atoms with Gasteiger partial charge in [-0.3, -0.25) is 9.59 Å². The lowest BCUT2D eigenvalue weighted by Crippen LogP contribution is -2.35. The molecule has 0 saturated heterocycles. The van der Waals surface area contributed by atoms with Crippen molar-refractivity contribution in [1.82, 2.24) is 35.3 Å². The smallest absolute Gasteiger partial charge is 0.352 e. The lowest BCUT2D eigenvalue weighted by Gasteiger charge is -2.15. The van der Waals surface area contributed by atoms with Gasteiger partial charge in [-0.15, -0.1) is 10.2 Å². The molecule has 0 fully saturated rings. The van der Waals surface area contributed by atoms with Crippen molar-refractivity contribution in [2.24, 2.45) is 0 Å². The monoisotopic (exact) mass is 607 g/mol. The Labute approximate surface area is 238 Å². The summed E-state index contributed by atoms with van der Waals surface area (Å²) >= 11 is 6.32.